The van der Waals surface area contributed by atoms with Crippen LogP contribution in [0.15, 0.2) is 155 Å². The Morgan fingerprint density at radius 1 is 0.660 bits per heavy atom. The van der Waals surface area contributed by atoms with Crippen LogP contribution >= 0.6 is 33.3 Å². The number of alkyl carbamates (subject to hydrolysis) is 1. The molecule has 4 atom stereocenters. The summed E-state index contributed by atoms with van der Waals surface area (Å²) in [5.74, 6) is 3.19. The first-order valence-electron chi connectivity index (χ1n) is 31.6. The largest absolute Gasteiger partial charge is 0.445 e. The fourth-order valence-corrected chi connectivity index (χ4v) is 13.3. The molecule has 0 aliphatic carbocycles. The Labute approximate surface area is 564 Å². The number of nitrogens with zero attached hydrogens (tertiary/aromatic N) is 3. The number of nitrogens with two attached hydrogens (primary N) is 1. The van der Waals surface area contributed by atoms with Crippen LogP contribution in [-0.2, 0) is 39.0 Å². The summed E-state index contributed by atoms with van der Waals surface area (Å²) in [5, 5.41) is 36.6. The number of nitro benzene ring substituents is 1. The van der Waals surface area contributed by atoms with Crippen LogP contribution in [0, 0.1) is 10.1 Å². The molecule has 0 aliphatic heterocycles. The Kier molecular flexibility index (Phi) is 33.5. The highest BCUT2D eigenvalue weighted by atomic mass is 33.1. The first kappa shape index (κ1) is 76.7. The molecule has 9 N–H and O–H groups in total. The van der Waals surface area contributed by atoms with E-state index in [1.54, 1.807) is 0 Å². The smallest absolute Gasteiger partial charge is 0.407 e. The van der Waals surface area contributed by atoms with E-state index >= 15 is 9.59 Å². The predicted octanol–water partition coefficient (Wildman–Crippen LogP) is 11.5. The van der Waals surface area contributed by atoms with Crippen LogP contribution in [-0.4, -0.2) is 123 Å². The van der Waals surface area contributed by atoms with E-state index in [9.17, 15) is 29.3 Å². The van der Waals surface area contributed by atoms with E-state index in [1.165, 1.54) is 68.3 Å². The van der Waals surface area contributed by atoms with Crippen molar-refractivity contribution in [3.05, 3.63) is 178 Å². The summed E-state index contributed by atoms with van der Waals surface area (Å²) >= 11 is 1.43. The summed E-state index contributed by atoms with van der Waals surface area (Å²) < 4.78 is 16.7. The summed E-state index contributed by atoms with van der Waals surface area (Å²) in [6.45, 7) is 18.3. The van der Waals surface area contributed by atoms with Crippen molar-refractivity contribution in [1.82, 2.24) is 42.3 Å². The van der Waals surface area contributed by atoms with E-state index in [1.807, 2.05) is 112 Å². The van der Waals surface area contributed by atoms with Gasteiger partial charge >= 0.3 is 11.8 Å². The summed E-state index contributed by atoms with van der Waals surface area (Å²) in [4.78, 5) is 95.6. The minimum atomic E-state index is -1.39. The second kappa shape index (κ2) is 41.0. The van der Waals surface area contributed by atoms with Gasteiger partial charge in [0.1, 0.15) is 36.4 Å². The minimum absolute atomic E-state index is 0.0113. The number of hydrogen-bond donors (Lipinski definition) is 8. The first-order chi connectivity index (χ1) is 45.1. The highest BCUT2D eigenvalue weighted by molar-refractivity contribution is 8.77. The van der Waals surface area contributed by atoms with Gasteiger partial charge in [0.05, 0.1) is 17.2 Å². The molecule has 5 rings (SSSR count). The van der Waals surface area contributed by atoms with Crippen LogP contribution in [0.1, 0.15) is 136 Å². The SMILES string of the molecule is C=CCOC(=O)NCCCC[C@H](NC(=O)[C@H](CSSC(C)(C)C)NC(=O)[C@H](COC(c1ccccc1)(c1ccccc1)c1ccccc1)NC(=O)CCCCCNc1ccc([N+](=O)[O-])c2nonc12)C(=O)N[C@@H](CSC/C=C(\C)CC/C=C(\C)CCC=C(C)C)C(=O)NN. The lowest BCUT2D eigenvalue weighted by Crippen LogP contribution is -2.60. The Hall–Kier alpha value is -7.97. The van der Waals surface area contributed by atoms with Crippen molar-refractivity contribution < 1.29 is 47.8 Å². The molecule has 0 unspecified atom stereocenters. The number of amides is 6. The number of aromatic nitrogens is 2. The lowest BCUT2D eigenvalue weighted by atomic mass is 9.80. The lowest BCUT2D eigenvalue weighted by molar-refractivity contribution is -0.383. The molecule has 0 saturated heterocycles. The van der Waals surface area contributed by atoms with Gasteiger partial charge in [-0.1, -0.05) is 187 Å². The average molecular weight is 1350 g/mol. The third-order valence-electron chi connectivity index (χ3n) is 14.7. The zero-order valence-electron chi connectivity index (χ0n) is 55.0. The number of carbonyl (C=O) groups is 6. The van der Waals surface area contributed by atoms with Gasteiger partial charge in [-0.3, -0.25) is 39.5 Å². The molecule has 4 aromatic carbocycles. The van der Waals surface area contributed by atoms with Gasteiger partial charge < -0.3 is 41.4 Å². The third-order valence-corrected chi connectivity index (χ3v) is 19.0. The number of non-ortho nitro benzene ring substituents is 1. The number of ether oxygens (including phenoxy) is 2. The molecule has 508 valence electrons. The Bertz CT molecular complexity index is 3230. The van der Waals surface area contributed by atoms with Crippen LogP contribution < -0.4 is 43.2 Å². The monoisotopic (exact) mass is 1350 g/mol. The van der Waals surface area contributed by atoms with Gasteiger partial charge in [-0.05, 0) is 119 Å². The number of anilines is 1. The number of nitro groups is 1. The fraction of sp³-hybridized carbons (Fsp3) is 0.449. The summed E-state index contributed by atoms with van der Waals surface area (Å²) in [7, 11) is 2.83. The molecule has 1 heterocycles. The maximum absolute atomic E-state index is 15.2. The van der Waals surface area contributed by atoms with E-state index in [4.69, 9.17) is 19.9 Å². The number of rotatable bonds is 42. The molecule has 25 heteroatoms. The lowest BCUT2D eigenvalue weighted by Gasteiger charge is -2.37. The zero-order chi connectivity index (χ0) is 68.3. The molecule has 5 aromatic rings. The van der Waals surface area contributed by atoms with Crippen molar-refractivity contribution in [2.75, 3.05) is 48.9 Å². The van der Waals surface area contributed by atoms with Crippen LogP contribution in [0.4, 0.5) is 16.2 Å². The fourth-order valence-electron chi connectivity index (χ4n) is 9.79. The van der Waals surface area contributed by atoms with Gasteiger partial charge in [0, 0.05) is 47.6 Å². The highest BCUT2D eigenvalue weighted by Crippen LogP contribution is 2.41. The van der Waals surface area contributed by atoms with Crippen molar-refractivity contribution in [3.8, 4) is 0 Å². The first-order valence-corrected chi connectivity index (χ1v) is 35.1. The summed E-state index contributed by atoms with van der Waals surface area (Å²) in [6, 6.07) is 26.4. The molecule has 0 bridgehead atoms. The summed E-state index contributed by atoms with van der Waals surface area (Å²) in [6.07, 6.45) is 13.5. The van der Waals surface area contributed by atoms with E-state index in [0.717, 1.165) is 42.4 Å². The Balaban J connectivity index is 1.40. The molecule has 1 aromatic heterocycles. The molecule has 0 radical (unpaired) electrons. The maximum atomic E-state index is 15.2. The third kappa shape index (κ3) is 26.4. The molecule has 22 nitrogen and oxygen atoms in total. The van der Waals surface area contributed by atoms with Gasteiger partial charge in [-0.25, -0.2) is 15.3 Å². The van der Waals surface area contributed by atoms with Crippen LogP contribution in [0.2, 0.25) is 0 Å². The molecular formula is C69H93N11O11S3. The van der Waals surface area contributed by atoms with E-state index < -0.39 is 70.3 Å². The van der Waals surface area contributed by atoms with E-state index in [2.05, 4.69) is 100 Å². The molecule has 94 heavy (non-hydrogen) atoms. The number of nitrogens with one attached hydrogen (secondary N) is 7. The van der Waals surface area contributed by atoms with Crippen molar-refractivity contribution >= 4 is 91.4 Å². The quantitative estimate of drug-likeness (QED) is 0.00263. The molecule has 0 fully saturated rings. The number of fused-ring (bicyclic) bond motifs is 1. The van der Waals surface area contributed by atoms with Crippen molar-refractivity contribution in [3.63, 3.8) is 0 Å². The molecular weight excluding hydrogens is 1260 g/mol. The van der Waals surface area contributed by atoms with E-state index in [0.29, 0.717) is 50.1 Å². The Morgan fingerprint density at radius 3 is 1.82 bits per heavy atom. The molecule has 6 amide bonds. The van der Waals surface area contributed by atoms with E-state index in [-0.39, 0.29) is 65.6 Å². The molecule has 0 aliphatic rings. The van der Waals surface area contributed by atoms with Gasteiger partial charge in [-0.15, -0.1) is 0 Å². The second-order valence-electron chi connectivity index (χ2n) is 23.8. The van der Waals surface area contributed by atoms with Crippen molar-refractivity contribution in [2.24, 2.45) is 5.84 Å². The van der Waals surface area contributed by atoms with Gasteiger partial charge in [-0.2, -0.15) is 11.8 Å². The number of unbranched alkanes of at least 4 members (excludes halogenated alkanes) is 3. The molecule has 0 saturated carbocycles. The standard InChI is InChI=1S/C69H93N11O11S3/c1-9-43-89-67(86)72-42-23-21-36-55(63(82)75-57(66(85)77-70)46-92-44-40-50(5)29-25-28-49(4)27-24-26-48(2)3)74-65(84)58(47-93-94-68(6,7)8)76-64(83)56(73-60(81)37-20-13-22-41-71-54-38-39-59(80(87)88)62-61(54)78-91-79-62)45-90-69(51-30-14-10-15-31-51,52-32-16-11-17-33-52)53-34-18-12-19-35-53/h9-12,14-19,26,28,30-35,38-40,55-58,71H,1,13,20-25,27,29,36-37,41-47,70H2,2-8H3,(H,72,86)(H,73,81)(H,74,84)(H,75,82)(H,76,83)(H,77,85)/b49-28+,50-40+/t55-,56-,57-,58-/m0/s1. The van der Waals surface area contributed by atoms with Crippen LogP contribution in [0.5, 0.6) is 0 Å². The van der Waals surface area contributed by atoms with Gasteiger partial charge in [0.25, 0.3) is 5.91 Å². The zero-order valence-corrected chi connectivity index (χ0v) is 57.5. The summed E-state index contributed by atoms with van der Waals surface area (Å²) in [5.41, 5.74) is 7.42. The van der Waals surface area contributed by atoms with Crippen molar-refractivity contribution in [1.29, 1.82) is 0 Å². The number of carbonyl (C=O) groups excluding carboxylic acids is 6. The highest BCUT2D eigenvalue weighted by Gasteiger charge is 2.40. The van der Waals surface area contributed by atoms with Gasteiger partial charge in [0.15, 0.2) is 5.52 Å². The minimum Gasteiger partial charge on any atom is -0.445 e. The van der Waals surface area contributed by atoms with Crippen LogP contribution in [0.3, 0.4) is 0 Å². The second-order valence-corrected chi connectivity index (χ2v) is 28.0. The maximum Gasteiger partial charge on any atom is 0.407 e. The topological polar surface area (TPSA) is 313 Å². The number of hydrogen-bond acceptors (Lipinski definition) is 18. The predicted molar refractivity (Wildman–Crippen MR) is 377 cm³/mol. The number of thioether (sulfide) groups is 1. The van der Waals surface area contributed by atoms with Crippen LogP contribution in [0.25, 0.3) is 11.0 Å². The number of benzene rings is 4. The van der Waals surface area contributed by atoms with Crippen molar-refractivity contribution in [2.45, 2.75) is 154 Å². The molecule has 0 spiro atoms. The average Bonchev–Trinajstić information content (AvgIpc) is 0.850. The normalized spacial score (nSPS) is 13.1. The Morgan fingerprint density at radius 2 is 1.22 bits per heavy atom. The number of hydrazine groups is 1. The number of allylic oxidation sites excluding steroid dienone is 5. The van der Waals surface area contributed by atoms with Gasteiger partial charge in [0.2, 0.25) is 29.1 Å².